The Morgan fingerprint density at radius 2 is 1.85 bits per heavy atom. The lowest BCUT2D eigenvalue weighted by molar-refractivity contribution is 0.0474. The highest BCUT2D eigenvalue weighted by atomic mass is 35.5. The van der Waals surface area contributed by atoms with Crippen molar-refractivity contribution in [2.45, 2.75) is 20.1 Å². The van der Waals surface area contributed by atoms with Crippen LogP contribution in [-0.4, -0.2) is 35.1 Å². The number of rotatable bonds is 5. The van der Waals surface area contributed by atoms with Gasteiger partial charge in [0.15, 0.2) is 0 Å². The second-order valence-electron chi connectivity index (χ2n) is 6.63. The molecule has 3 rings (SSSR count). The van der Waals surface area contributed by atoms with Gasteiger partial charge in [0.2, 0.25) is 0 Å². The van der Waals surface area contributed by atoms with E-state index < -0.39 is 5.97 Å². The Bertz CT molecular complexity index is 998. The molecule has 2 aromatic carbocycles. The number of phenolic OH excluding ortho intramolecular Hbond substituents is 1. The molecule has 1 heterocycles. The van der Waals surface area contributed by atoms with E-state index in [1.807, 2.05) is 49.3 Å². The van der Waals surface area contributed by atoms with Crippen LogP contribution in [0.15, 0.2) is 30.3 Å². The van der Waals surface area contributed by atoms with Gasteiger partial charge in [-0.2, -0.15) is 0 Å². The summed E-state index contributed by atoms with van der Waals surface area (Å²) < 4.78 is 5.50. The standard InChI is InChI=1S/C20H20Cl2N2O3/c1-11-14(20(26)27-10-12-7-5-4-6-8-12)15-13(9-24(2)3)19(25)17(22)16(21)18(15)23-11/h4-8,23,25H,9-10H2,1-3H3. The topological polar surface area (TPSA) is 65.6 Å². The largest absolute Gasteiger partial charge is 0.506 e. The SMILES string of the molecule is Cc1[nH]c2c(Cl)c(Cl)c(O)c(CN(C)C)c2c1C(=O)OCc1ccccc1. The van der Waals surface area contributed by atoms with Crippen molar-refractivity contribution in [3.05, 3.63) is 62.8 Å². The average molecular weight is 407 g/mol. The highest BCUT2D eigenvalue weighted by molar-refractivity contribution is 6.46. The lowest BCUT2D eigenvalue weighted by atomic mass is 10.0. The van der Waals surface area contributed by atoms with Gasteiger partial charge in [-0.05, 0) is 26.6 Å². The van der Waals surface area contributed by atoms with Gasteiger partial charge in [-0.15, -0.1) is 0 Å². The summed E-state index contributed by atoms with van der Waals surface area (Å²) in [5.74, 6) is -0.612. The average Bonchev–Trinajstić information content (AvgIpc) is 2.99. The van der Waals surface area contributed by atoms with E-state index in [2.05, 4.69) is 4.98 Å². The number of halogens is 2. The fourth-order valence-electron chi connectivity index (χ4n) is 3.08. The molecule has 0 amide bonds. The van der Waals surface area contributed by atoms with Crippen molar-refractivity contribution in [3.63, 3.8) is 0 Å². The third-order valence-corrected chi connectivity index (χ3v) is 5.13. The maximum Gasteiger partial charge on any atom is 0.340 e. The molecule has 0 unspecified atom stereocenters. The maximum atomic E-state index is 12.8. The molecule has 0 aliphatic rings. The molecule has 1 aromatic heterocycles. The van der Waals surface area contributed by atoms with E-state index in [-0.39, 0.29) is 22.4 Å². The third kappa shape index (κ3) is 3.76. The smallest absolute Gasteiger partial charge is 0.340 e. The Hall–Kier alpha value is -2.21. The van der Waals surface area contributed by atoms with E-state index in [4.69, 9.17) is 27.9 Å². The Labute approximate surface area is 167 Å². The molecule has 142 valence electrons. The highest BCUT2D eigenvalue weighted by Gasteiger charge is 2.26. The fraction of sp³-hybridized carbons (Fsp3) is 0.250. The molecule has 0 spiro atoms. The number of benzene rings is 2. The molecule has 7 heteroatoms. The Kier molecular flexibility index (Phi) is 5.65. The summed E-state index contributed by atoms with van der Waals surface area (Å²) in [4.78, 5) is 17.8. The number of hydrogen-bond donors (Lipinski definition) is 2. The van der Waals surface area contributed by atoms with Crippen LogP contribution >= 0.6 is 23.2 Å². The molecule has 3 aromatic rings. The van der Waals surface area contributed by atoms with Crippen molar-refractivity contribution in [1.29, 1.82) is 0 Å². The van der Waals surface area contributed by atoms with Gasteiger partial charge in [0.05, 0.1) is 16.1 Å². The molecule has 0 saturated carbocycles. The molecule has 5 nitrogen and oxygen atoms in total. The summed E-state index contributed by atoms with van der Waals surface area (Å²) in [6, 6.07) is 9.44. The van der Waals surface area contributed by atoms with E-state index in [1.54, 1.807) is 6.92 Å². The van der Waals surface area contributed by atoms with Crippen molar-refractivity contribution in [2.24, 2.45) is 0 Å². The molecule has 0 saturated heterocycles. The zero-order chi connectivity index (χ0) is 19.7. The molecule has 0 aliphatic heterocycles. The van der Waals surface area contributed by atoms with E-state index >= 15 is 0 Å². The van der Waals surface area contributed by atoms with E-state index in [0.717, 1.165) is 5.56 Å². The molecule has 0 aliphatic carbocycles. The number of ether oxygens (including phenoxy) is 1. The minimum Gasteiger partial charge on any atom is -0.506 e. The number of H-pyrrole nitrogens is 1. The van der Waals surface area contributed by atoms with Crippen LogP contribution < -0.4 is 0 Å². The lowest BCUT2D eigenvalue weighted by Crippen LogP contribution is -2.13. The number of aromatic hydroxyl groups is 1. The third-order valence-electron chi connectivity index (χ3n) is 4.29. The lowest BCUT2D eigenvalue weighted by Gasteiger charge is -2.15. The summed E-state index contributed by atoms with van der Waals surface area (Å²) in [6.07, 6.45) is 0. The van der Waals surface area contributed by atoms with Gasteiger partial charge in [-0.25, -0.2) is 4.79 Å². The summed E-state index contributed by atoms with van der Waals surface area (Å²) in [5.41, 5.74) is 2.89. The number of carbonyl (C=O) groups excluding carboxylic acids is 1. The first-order chi connectivity index (χ1) is 12.8. The van der Waals surface area contributed by atoms with Crippen molar-refractivity contribution in [2.75, 3.05) is 14.1 Å². The summed E-state index contributed by atoms with van der Waals surface area (Å²) in [7, 11) is 3.72. The van der Waals surface area contributed by atoms with Crippen molar-refractivity contribution in [1.82, 2.24) is 9.88 Å². The Balaban J connectivity index is 2.09. The molecule has 0 bridgehead atoms. The number of aryl methyl sites for hydroxylation is 1. The quantitative estimate of drug-likeness (QED) is 0.590. The number of esters is 1. The predicted octanol–water partition coefficient (Wildman–Crippen LogP) is 4.91. The second kappa shape index (κ2) is 7.80. The number of phenols is 1. The molecule has 27 heavy (non-hydrogen) atoms. The summed E-state index contributed by atoms with van der Waals surface area (Å²) >= 11 is 12.5. The molecule has 0 atom stereocenters. The van der Waals surface area contributed by atoms with Crippen LogP contribution in [-0.2, 0) is 17.9 Å². The van der Waals surface area contributed by atoms with Crippen molar-refractivity contribution in [3.8, 4) is 5.75 Å². The zero-order valence-corrected chi connectivity index (χ0v) is 16.8. The maximum absolute atomic E-state index is 12.8. The van der Waals surface area contributed by atoms with E-state index in [1.165, 1.54) is 0 Å². The normalized spacial score (nSPS) is 11.3. The summed E-state index contributed by atoms with van der Waals surface area (Å²) in [6.45, 7) is 2.30. The second-order valence-corrected chi connectivity index (χ2v) is 7.39. The van der Waals surface area contributed by atoms with Crippen LogP contribution in [0.2, 0.25) is 10.0 Å². The first-order valence-electron chi connectivity index (χ1n) is 8.38. The monoisotopic (exact) mass is 406 g/mol. The first-order valence-corrected chi connectivity index (χ1v) is 9.13. The van der Waals surface area contributed by atoms with Gasteiger partial charge in [-0.3, -0.25) is 0 Å². The van der Waals surface area contributed by atoms with Crippen molar-refractivity contribution < 1.29 is 14.6 Å². The minimum atomic E-state index is -0.486. The zero-order valence-electron chi connectivity index (χ0n) is 15.3. The van der Waals surface area contributed by atoms with Crippen LogP contribution in [0.5, 0.6) is 5.75 Å². The fourth-order valence-corrected chi connectivity index (χ4v) is 3.52. The number of fused-ring (bicyclic) bond motifs is 1. The van der Waals surface area contributed by atoms with Gasteiger partial charge in [0.25, 0.3) is 0 Å². The Morgan fingerprint density at radius 1 is 1.19 bits per heavy atom. The van der Waals surface area contributed by atoms with Crippen LogP contribution in [0.4, 0.5) is 0 Å². The first kappa shape index (κ1) is 19.5. The van der Waals surface area contributed by atoms with Gasteiger partial charge in [0.1, 0.15) is 17.4 Å². The summed E-state index contributed by atoms with van der Waals surface area (Å²) in [5, 5.41) is 11.3. The van der Waals surface area contributed by atoms with Crippen LogP contribution in [0.1, 0.15) is 27.2 Å². The molecule has 0 radical (unpaired) electrons. The number of aromatic amines is 1. The minimum absolute atomic E-state index is 0.0615. The van der Waals surface area contributed by atoms with Crippen LogP contribution in [0.25, 0.3) is 10.9 Å². The van der Waals surface area contributed by atoms with E-state index in [9.17, 15) is 9.90 Å². The molecular weight excluding hydrogens is 387 g/mol. The number of carbonyl (C=O) groups is 1. The molecular formula is C20H20Cl2N2O3. The number of aromatic nitrogens is 1. The van der Waals surface area contributed by atoms with Gasteiger partial charge < -0.3 is 19.7 Å². The molecule has 0 fully saturated rings. The van der Waals surface area contributed by atoms with Crippen LogP contribution in [0.3, 0.4) is 0 Å². The number of nitrogens with one attached hydrogen (secondary N) is 1. The highest BCUT2D eigenvalue weighted by Crippen LogP contribution is 2.44. The van der Waals surface area contributed by atoms with Gasteiger partial charge >= 0.3 is 5.97 Å². The van der Waals surface area contributed by atoms with Crippen molar-refractivity contribution >= 4 is 40.1 Å². The number of nitrogens with zero attached hydrogens (tertiary/aromatic N) is 1. The van der Waals surface area contributed by atoms with Gasteiger partial charge in [0, 0.05) is 23.2 Å². The van der Waals surface area contributed by atoms with Gasteiger partial charge in [-0.1, -0.05) is 53.5 Å². The molecule has 2 N–H and O–H groups in total. The van der Waals surface area contributed by atoms with Crippen LogP contribution in [0, 0.1) is 6.92 Å². The predicted molar refractivity (Wildman–Crippen MR) is 108 cm³/mol. The van der Waals surface area contributed by atoms with E-state index in [0.29, 0.717) is 34.3 Å². The Morgan fingerprint density at radius 3 is 2.48 bits per heavy atom. The number of hydrogen-bond acceptors (Lipinski definition) is 4.